The zero-order chi connectivity index (χ0) is 30.4. The largest absolute Gasteiger partial charge is 0.493 e. The number of sulfone groups is 1. The van der Waals surface area contributed by atoms with Crippen molar-refractivity contribution in [2.24, 2.45) is 11.8 Å². The molecule has 11 nitrogen and oxygen atoms in total. The van der Waals surface area contributed by atoms with Crippen molar-refractivity contribution in [1.82, 2.24) is 19.4 Å². The molecular formula is C31H41N5O6S. The molecule has 2 fully saturated rings. The van der Waals surface area contributed by atoms with Crippen LogP contribution < -0.4 is 10.1 Å². The highest BCUT2D eigenvalue weighted by Gasteiger charge is 2.34. The predicted molar refractivity (Wildman–Crippen MR) is 164 cm³/mol. The summed E-state index contributed by atoms with van der Waals surface area (Å²) in [7, 11) is -3.02. The van der Waals surface area contributed by atoms with Gasteiger partial charge < -0.3 is 24.3 Å². The van der Waals surface area contributed by atoms with E-state index in [0.29, 0.717) is 50.2 Å². The van der Waals surface area contributed by atoms with E-state index in [1.54, 1.807) is 13.1 Å². The molecular weight excluding hydrogens is 570 g/mol. The van der Waals surface area contributed by atoms with Crippen LogP contribution in [0.15, 0.2) is 42.7 Å². The number of nitrogens with zero attached hydrogens (tertiary/aromatic N) is 4. The van der Waals surface area contributed by atoms with Gasteiger partial charge in [0.1, 0.15) is 21.4 Å². The highest BCUT2D eigenvalue weighted by Crippen LogP contribution is 2.31. The van der Waals surface area contributed by atoms with Gasteiger partial charge in [0.15, 0.2) is 0 Å². The molecule has 0 unspecified atom stereocenters. The summed E-state index contributed by atoms with van der Waals surface area (Å²) in [4.78, 5) is 36.6. The monoisotopic (exact) mass is 611 g/mol. The second kappa shape index (κ2) is 13.7. The summed E-state index contributed by atoms with van der Waals surface area (Å²) in [6.45, 7) is 3.65. The van der Waals surface area contributed by atoms with Gasteiger partial charge in [-0.1, -0.05) is 6.07 Å². The maximum atomic E-state index is 13.3. The lowest BCUT2D eigenvalue weighted by atomic mass is 9.84. The van der Waals surface area contributed by atoms with Crippen LogP contribution in [-0.4, -0.2) is 84.1 Å². The van der Waals surface area contributed by atoms with Crippen molar-refractivity contribution < 1.29 is 27.5 Å². The van der Waals surface area contributed by atoms with Gasteiger partial charge in [0.05, 0.1) is 30.4 Å². The lowest BCUT2D eigenvalue weighted by Crippen LogP contribution is -2.46. The number of amides is 1. The van der Waals surface area contributed by atoms with Crippen LogP contribution in [0.25, 0.3) is 16.7 Å². The molecule has 1 aromatic carbocycles. The van der Waals surface area contributed by atoms with E-state index in [1.165, 1.54) is 6.26 Å². The molecule has 0 spiro atoms. The molecule has 0 bridgehead atoms. The molecule has 5 rings (SSSR count). The molecule has 43 heavy (non-hydrogen) atoms. The van der Waals surface area contributed by atoms with E-state index in [0.717, 1.165) is 49.4 Å². The van der Waals surface area contributed by atoms with E-state index in [1.807, 2.05) is 46.0 Å². The molecule has 3 heterocycles. The third-order valence-electron chi connectivity index (χ3n) is 8.26. The average Bonchev–Trinajstić information content (AvgIpc) is 3.44. The van der Waals surface area contributed by atoms with Gasteiger partial charge in [0, 0.05) is 49.1 Å². The summed E-state index contributed by atoms with van der Waals surface area (Å²) < 4.78 is 35.9. The van der Waals surface area contributed by atoms with Crippen molar-refractivity contribution >= 4 is 38.6 Å². The van der Waals surface area contributed by atoms with Gasteiger partial charge >= 0.3 is 5.97 Å². The number of hydrogen-bond donors (Lipinski definition) is 1. The summed E-state index contributed by atoms with van der Waals surface area (Å²) in [5, 5.41) is 4.39. The van der Waals surface area contributed by atoms with E-state index < -0.39 is 9.84 Å². The van der Waals surface area contributed by atoms with Gasteiger partial charge in [-0.2, -0.15) is 4.98 Å². The topological polar surface area (TPSA) is 133 Å². The van der Waals surface area contributed by atoms with Crippen LogP contribution in [0.4, 0.5) is 5.95 Å². The third kappa shape index (κ3) is 7.84. The molecule has 1 atom stereocenters. The van der Waals surface area contributed by atoms with Crippen LogP contribution in [0.1, 0.15) is 51.9 Å². The lowest BCUT2D eigenvalue weighted by molar-refractivity contribution is -0.152. The van der Waals surface area contributed by atoms with Crippen LogP contribution in [0.2, 0.25) is 0 Å². The van der Waals surface area contributed by atoms with E-state index in [-0.39, 0.29) is 35.5 Å². The number of likely N-dealkylation sites (tertiary alicyclic amines) is 1. The van der Waals surface area contributed by atoms with Crippen molar-refractivity contribution in [3.63, 3.8) is 0 Å². The Labute approximate surface area is 252 Å². The Bertz CT molecular complexity index is 1530. The number of anilines is 1. The van der Waals surface area contributed by atoms with Crippen LogP contribution in [-0.2, 0) is 24.2 Å². The molecule has 1 saturated carbocycles. The Morgan fingerprint density at radius 3 is 2.65 bits per heavy atom. The Kier molecular flexibility index (Phi) is 9.84. The van der Waals surface area contributed by atoms with Gasteiger partial charge in [-0.3, -0.25) is 9.59 Å². The number of benzene rings is 1. The number of rotatable bonds is 11. The summed E-state index contributed by atoms with van der Waals surface area (Å²) in [5.41, 5.74) is 0.923. The minimum Gasteiger partial charge on any atom is -0.493 e. The first-order valence-corrected chi connectivity index (χ1v) is 17.2. The number of hydrogen-bond acceptors (Lipinski definition) is 9. The fourth-order valence-corrected chi connectivity index (χ4v) is 6.72. The number of fused-ring (bicyclic) bond motifs is 1. The zero-order valence-electron chi connectivity index (χ0n) is 24.9. The average molecular weight is 612 g/mol. The zero-order valence-corrected chi connectivity index (χ0v) is 25.7. The van der Waals surface area contributed by atoms with Crippen molar-refractivity contribution in [2.45, 2.75) is 57.9 Å². The first-order valence-electron chi connectivity index (χ1n) is 15.2. The van der Waals surface area contributed by atoms with Crippen LogP contribution in [0.5, 0.6) is 5.75 Å². The number of nitrogens with one attached hydrogen (secondary N) is 1. The fourth-order valence-electron chi connectivity index (χ4n) is 6.08. The highest BCUT2D eigenvalue weighted by atomic mass is 32.2. The standard InChI is InChI=1S/C31H41N5O6S/c1-3-41-30(38)23-7-5-17-35(21-23)29(37)22-10-12-24(13-11-22)33-31-32-16-14-28(34-31)36-18-15-25-26(36)8-4-9-27(25)42-19-6-20-43(2,39)40/h4,8-9,14-16,18,22-24H,3,5-7,10-13,17,19-21H2,1-2H3,(H,32,33,34)/t22?,23-,24?/m1/s1. The van der Waals surface area contributed by atoms with Crippen molar-refractivity contribution in [1.29, 1.82) is 0 Å². The van der Waals surface area contributed by atoms with E-state index in [2.05, 4.69) is 10.3 Å². The number of ether oxygens (including phenoxy) is 2. The number of piperidine rings is 1. The maximum Gasteiger partial charge on any atom is 0.310 e. The van der Waals surface area contributed by atoms with Gasteiger partial charge in [-0.15, -0.1) is 0 Å². The Hall–Kier alpha value is -3.67. The molecule has 3 aromatic rings. The molecule has 2 aliphatic rings. The molecule has 0 radical (unpaired) electrons. The number of esters is 1. The molecule has 1 aliphatic carbocycles. The second-order valence-electron chi connectivity index (χ2n) is 11.5. The summed E-state index contributed by atoms with van der Waals surface area (Å²) in [6, 6.07) is 9.76. The Morgan fingerprint density at radius 2 is 1.88 bits per heavy atom. The van der Waals surface area contributed by atoms with Gasteiger partial charge in [-0.05, 0) is 76.1 Å². The van der Waals surface area contributed by atoms with Crippen molar-refractivity contribution in [2.75, 3.05) is 43.6 Å². The van der Waals surface area contributed by atoms with Gasteiger partial charge in [0.25, 0.3) is 0 Å². The fraction of sp³-hybridized carbons (Fsp3) is 0.548. The quantitative estimate of drug-likeness (QED) is 0.252. The number of carbonyl (C=O) groups excluding carboxylic acids is 2. The normalized spacial score (nSPS) is 21.0. The van der Waals surface area contributed by atoms with E-state index >= 15 is 0 Å². The Morgan fingerprint density at radius 1 is 1.07 bits per heavy atom. The summed E-state index contributed by atoms with van der Waals surface area (Å²) >= 11 is 0. The SMILES string of the molecule is CCOC(=O)[C@@H]1CCCN(C(=O)C2CCC(Nc3nccc(-n4ccc5c(OCCCS(C)(=O)=O)cccc54)n3)CC2)C1. The van der Waals surface area contributed by atoms with E-state index in [9.17, 15) is 18.0 Å². The Balaban J connectivity index is 1.17. The molecule has 1 N–H and O–H groups in total. The molecule has 2 aromatic heterocycles. The van der Waals surface area contributed by atoms with Crippen LogP contribution >= 0.6 is 0 Å². The smallest absolute Gasteiger partial charge is 0.310 e. The summed E-state index contributed by atoms with van der Waals surface area (Å²) in [5.74, 6) is 1.76. The third-order valence-corrected chi connectivity index (χ3v) is 9.29. The van der Waals surface area contributed by atoms with E-state index in [4.69, 9.17) is 14.5 Å². The lowest BCUT2D eigenvalue weighted by Gasteiger charge is -2.36. The molecule has 12 heteroatoms. The van der Waals surface area contributed by atoms with Crippen LogP contribution in [0.3, 0.4) is 0 Å². The molecule has 232 valence electrons. The first-order chi connectivity index (χ1) is 20.7. The number of aromatic nitrogens is 3. The predicted octanol–water partition coefficient (Wildman–Crippen LogP) is 4.01. The maximum absolute atomic E-state index is 13.3. The van der Waals surface area contributed by atoms with Crippen LogP contribution in [0, 0.1) is 11.8 Å². The summed E-state index contributed by atoms with van der Waals surface area (Å²) in [6.07, 6.45) is 10.2. The molecule has 1 saturated heterocycles. The molecule has 1 amide bonds. The second-order valence-corrected chi connectivity index (χ2v) is 13.8. The van der Waals surface area contributed by atoms with Crippen molar-refractivity contribution in [3.8, 4) is 11.6 Å². The molecule has 1 aliphatic heterocycles. The van der Waals surface area contributed by atoms with Crippen molar-refractivity contribution in [3.05, 3.63) is 42.7 Å². The highest BCUT2D eigenvalue weighted by molar-refractivity contribution is 7.90. The minimum atomic E-state index is -3.02. The minimum absolute atomic E-state index is 0.0275. The van der Waals surface area contributed by atoms with Gasteiger partial charge in [-0.25, -0.2) is 13.4 Å². The van der Waals surface area contributed by atoms with Gasteiger partial charge in [0.2, 0.25) is 11.9 Å². The number of carbonyl (C=O) groups is 2. The first kappa shape index (κ1) is 30.8.